The molecule has 1 aliphatic heterocycles. The smallest absolute Gasteiger partial charge is 0.301 e. The molecule has 1 fully saturated rings. The Morgan fingerprint density at radius 2 is 1.79 bits per heavy atom. The molecule has 3 aromatic carbocycles. The fourth-order valence-corrected chi connectivity index (χ4v) is 5.61. The highest BCUT2D eigenvalue weighted by Gasteiger charge is 2.48. The van der Waals surface area contributed by atoms with Crippen LogP contribution in [0.5, 0.6) is 5.75 Å². The molecule has 0 spiro atoms. The van der Waals surface area contributed by atoms with Crippen LogP contribution in [-0.4, -0.2) is 28.4 Å². The molecular formula is C30H27FN2O4S. The highest BCUT2D eigenvalue weighted by molar-refractivity contribution is 7.22. The maximum absolute atomic E-state index is 13.5. The molecule has 1 atom stereocenters. The van der Waals surface area contributed by atoms with Crippen molar-refractivity contribution < 1.29 is 23.8 Å². The monoisotopic (exact) mass is 530 g/mol. The van der Waals surface area contributed by atoms with Gasteiger partial charge in [-0.05, 0) is 73.0 Å². The summed E-state index contributed by atoms with van der Waals surface area (Å²) in [6.07, 6.45) is 3.13. The number of anilines is 1. The van der Waals surface area contributed by atoms with E-state index in [9.17, 15) is 19.1 Å². The van der Waals surface area contributed by atoms with E-state index in [-0.39, 0.29) is 16.9 Å². The molecule has 0 saturated carbocycles. The maximum atomic E-state index is 13.5. The number of amides is 1. The predicted molar refractivity (Wildman–Crippen MR) is 147 cm³/mol. The van der Waals surface area contributed by atoms with E-state index in [0.717, 1.165) is 29.5 Å². The highest BCUT2D eigenvalue weighted by Crippen LogP contribution is 2.44. The summed E-state index contributed by atoms with van der Waals surface area (Å²) in [7, 11) is 0. The maximum Gasteiger partial charge on any atom is 0.301 e. The number of hydrogen-bond acceptors (Lipinski definition) is 6. The number of Topliss-reactive ketones (excluding diaryl/α,β-unsaturated/α-hetero) is 1. The van der Waals surface area contributed by atoms with Gasteiger partial charge in [-0.15, -0.1) is 0 Å². The number of benzene rings is 3. The van der Waals surface area contributed by atoms with Gasteiger partial charge in [-0.3, -0.25) is 14.5 Å². The second-order valence-electron chi connectivity index (χ2n) is 9.27. The minimum atomic E-state index is -0.921. The Morgan fingerprint density at radius 3 is 2.50 bits per heavy atom. The molecule has 194 valence electrons. The Hall–Kier alpha value is -4.04. The number of aliphatic hydroxyl groups excluding tert-OH is 1. The number of carbonyl (C=O) groups excluding carboxylic acids is 2. The van der Waals surface area contributed by atoms with Gasteiger partial charge < -0.3 is 9.84 Å². The van der Waals surface area contributed by atoms with Gasteiger partial charge in [0.1, 0.15) is 17.3 Å². The average molecular weight is 531 g/mol. The zero-order valence-corrected chi connectivity index (χ0v) is 21.9. The van der Waals surface area contributed by atoms with E-state index >= 15 is 0 Å². The highest BCUT2D eigenvalue weighted by atomic mass is 32.1. The fraction of sp³-hybridized carbons (Fsp3) is 0.233. The van der Waals surface area contributed by atoms with Crippen LogP contribution in [-0.2, 0) is 9.59 Å². The van der Waals surface area contributed by atoms with Gasteiger partial charge in [0.05, 0.1) is 28.4 Å². The number of aryl methyl sites for hydroxylation is 1. The van der Waals surface area contributed by atoms with E-state index in [0.29, 0.717) is 28.6 Å². The van der Waals surface area contributed by atoms with Gasteiger partial charge in [0.15, 0.2) is 5.13 Å². The molecule has 1 saturated heterocycles. The van der Waals surface area contributed by atoms with Gasteiger partial charge >= 0.3 is 5.91 Å². The zero-order valence-electron chi connectivity index (χ0n) is 21.1. The second kappa shape index (κ2) is 10.8. The molecule has 1 N–H and O–H groups in total. The second-order valence-corrected chi connectivity index (χ2v) is 10.3. The molecule has 5 rings (SSSR count). The number of fused-ring (bicyclic) bond motifs is 1. The van der Waals surface area contributed by atoms with Crippen molar-refractivity contribution >= 4 is 44.1 Å². The first kappa shape index (κ1) is 25.6. The van der Waals surface area contributed by atoms with E-state index in [4.69, 9.17) is 4.74 Å². The van der Waals surface area contributed by atoms with Gasteiger partial charge in [-0.2, -0.15) is 0 Å². The lowest BCUT2D eigenvalue weighted by atomic mass is 9.95. The molecule has 1 aliphatic rings. The standard InChI is InChI=1S/C30H27FN2O4S/c1-3-4-5-16-37-22-13-9-19(10-14-22)26-25(27(34)20-7-11-21(31)12-8-20)28(35)29(36)33(26)30-32-23-15-6-18(2)17-24(23)38-30/h6-15,17,26,34H,3-5,16H2,1-2H3/b27-25+. The van der Waals surface area contributed by atoms with Crippen molar-refractivity contribution in [1.29, 1.82) is 0 Å². The van der Waals surface area contributed by atoms with Crippen LogP contribution in [0.1, 0.15) is 48.9 Å². The van der Waals surface area contributed by atoms with Crippen LogP contribution in [0.15, 0.2) is 72.3 Å². The Balaban J connectivity index is 1.60. The summed E-state index contributed by atoms with van der Waals surface area (Å²) in [4.78, 5) is 32.8. The van der Waals surface area contributed by atoms with E-state index < -0.39 is 23.5 Å². The topological polar surface area (TPSA) is 79.7 Å². The van der Waals surface area contributed by atoms with Gasteiger partial charge in [0.2, 0.25) is 0 Å². The van der Waals surface area contributed by atoms with Crippen molar-refractivity contribution in [1.82, 2.24) is 4.98 Å². The summed E-state index contributed by atoms with van der Waals surface area (Å²) in [6, 6.07) is 17.2. The molecule has 38 heavy (non-hydrogen) atoms. The normalized spacial score (nSPS) is 16.9. The number of halogens is 1. The first-order valence-electron chi connectivity index (χ1n) is 12.5. The number of aromatic nitrogens is 1. The van der Waals surface area contributed by atoms with E-state index in [2.05, 4.69) is 11.9 Å². The van der Waals surface area contributed by atoms with Crippen LogP contribution in [0.3, 0.4) is 0 Å². The van der Waals surface area contributed by atoms with Crippen LogP contribution in [0.4, 0.5) is 9.52 Å². The number of hydrogen-bond donors (Lipinski definition) is 1. The Morgan fingerprint density at radius 1 is 1.05 bits per heavy atom. The van der Waals surface area contributed by atoms with Gasteiger partial charge in [-0.1, -0.05) is 49.3 Å². The van der Waals surface area contributed by atoms with Crippen molar-refractivity contribution in [2.75, 3.05) is 11.5 Å². The molecular weight excluding hydrogens is 503 g/mol. The van der Waals surface area contributed by atoms with Crippen LogP contribution in [0, 0.1) is 12.7 Å². The van der Waals surface area contributed by atoms with Gasteiger partial charge in [0, 0.05) is 5.56 Å². The Labute approximate surface area is 224 Å². The van der Waals surface area contributed by atoms with Crippen molar-refractivity contribution in [3.8, 4) is 5.75 Å². The summed E-state index contributed by atoms with van der Waals surface area (Å²) < 4.78 is 20.3. The first-order chi connectivity index (χ1) is 18.4. The van der Waals surface area contributed by atoms with Crippen LogP contribution in [0.2, 0.25) is 0 Å². The minimum Gasteiger partial charge on any atom is -0.507 e. The molecule has 1 aromatic heterocycles. The molecule has 4 aromatic rings. The fourth-order valence-electron chi connectivity index (χ4n) is 4.52. The summed E-state index contributed by atoms with van der Waals surface area (Å²) in [6.45, 7) is 4.70. The number of thiazole rings is 1. The van der Waals surface area contributed by atoms with Crippen molar-refractivity contribution in [3.63, 3.8) is 0 Å². The lowest BCUT2D eigenvalue weighted by Gasteiger charge is -2.23. The van der Waals surface area contributed by atoms with Crippen LogP contribution >= 0.6 is 11.3 Å². The molecule has 0 bridgehead atoms. The third-order valence-electron chi connectivity index (χ3n) is 6.51. The van der Waals surface area contributed by atoms with Gasteiger partial charge in [-0.25, -0.2) is 9.37 Å². The summed E-state index contributed by atoms with van der Waals surface area (Å²) in [5, 5.41) is 11.6. The SMILES string of the molecule is CCCCCOc1ccc(C2/C(=C(\O)c3ccc(F)cc3)C(=O)C(=O)N2c2nc3ccc(C)cc3s2)cc1. The summed E-state index contributed by atoms with van der Waals surface area (Å²) in [5.41, 5.74) is 2.55. The predicted octanol–water partition coefficient (Wildman–Crippen LogP) is 6.94. The van der Waals surface area contributed by atoms with Crippen molar-refractivity contribution in [3.05, 3.63) is 94.8 Å². The van der Waals surface area contributed by atoms with E-state index in [1.807, 2.05) is 25.1 Å². The third kappa shape index (κ3) is 4.91. The number of unbranched alkanes of at least 4 members (excludes halogenated alkanes) is 2. The molecule has 2 heterocycles. The average Bonchev–Trinajstić information content (AvgIpc) is 3.44. The summed E-state index contributed by atoms with van der Waals surface area (Å²) in [5.74, 6) is -1.78. The molecule has 0 radical (unpaired) electrons. The third-order valence-corrected chi connectivity index (χ3v) is 7.53. The number of ether oxygens (including phenoxy) is 1. The first-order valence-corrected chi connectivity index (χ1v) is 13.4. The molecule has 6 nitrogen and oxygen atoms in total. The quantitative estimate of drug-likeness (QED) is 0.116. The number of nitrogens with zero attached hydrogens (tertiary/aromatic N) is 2. The van der Waals surface area contributed by atoms with E-state index in [1.54, 1.807) is 24.3 Å². The van der Waals surface area contributed by atoms with Crippen LogP contribution in [0.25, 0.3) is 16.0 Å². The molecule has 8 heteroatoms. The Kier molecular flexibility index (Phi) is 7.24. The molecule has 1 amide bonds. The van der Waals surface area contributed by atoms with Gasteiger partial charge in [0.25, 0.3) is 5.78 Å². The lowest BCUT2D eigenvalue weighted by Crippen LogP contribution is -2.29. The lowest BCUT2D eigenvalue weighted by molar-refractivity contribution is -0.132. The number of ketones is 1. The number of aliphatic hydroxyl groups is 1. The molecule has 1 unspecified atom stereocenters. The number of rotatable bonds is 8. The minimum absolute atomic E-state index is 0.0753. The largest absolute Gasteiger partial charge is 0.507 e. The molecule has 0 aliphatic carbocycles. The zero-order chi connectivity index (χ0) is 26.8. The summed E-state index contributed by atoms with van der Waals surface area (Å²) >= 11 is 1.31. The number of carbonyl (C=O) groups is 2. The van der Waals surface area contributed by atoms with E-state index in [1.165, 1.54) is 40.5 Å². The van der Waals surface area contributed by atoms with Crippen LogP contribution < -0.4 is 9.64 Å². The van der Waals surface area contributed by atoms with Crippen molar-refractivity contribution in [2.24, 2.45) is 0 Å². The van der Waals surface area contributed by atoms with Crippen molar-refractivity contribution in [2.45, 2.75) is 39.2 Å². The Bertz CT molecular complexity index is 1530.